The minimum absolute atomic E-state index is 0.0988. The van der Waals surface area contributed by atoms with Crippen LogP contribution in [0.2, 0.25) is 0 Å². The third kappa shape index (κ3) is 8.54. The Kier molecular flexibility index (Phi) is 9.26. The summed E-state index contributed by atoms with van der Waals surface area (Å²) in [7, 11) is -1.50. The molecule has 0 saturated carbocycles. The molecule has 0 saturated heterocycles. The van der Waals surface area contributed by atoms with Gasteiger partial charge in [-0.05, 0) is 83.4 Å². The van der Waals surface area contributed by atoms with Crippen LogP contribution in [-0.4, -0.2) is 38.6 Å². The van der Waals surface area contributed by atoms with Gasteiger partial charge in [-0.1, -0.05) is 102 Å². The third-order valence-electron chi connectivity index (χ3n) is 6.92. The van der Waals surface area contributed by atoms with Crippen LogP contribution in [0, 0.1) is 0 Å². The van der Waals surface area contributed by atoms with E-state index >= 15 is 0 Å². The van der Waals surface area contributed by atoms with Gasteiger partial charge in [0.2, 0.25) is 0 Å². The van der Waals surface area contributed by atoms with Gasteiger partial charge in [-0.2, -0.15) is 0 Å². The minimum Gasteiger partial charge on any atom is -0.423 e. The normalized spacial score (nSPS) is 12.6. The van der Waals surface area contributed by atoms with Crippen molar-refractivity contribution in [2.24, 2.45) is 0 Å². The number of benzene rings is 3. The van der Waals surface area contributed by atoms with E-state index in [4.69, 9.17) is 10.2 Å². The Bertz CT molecular complexity index is 1060. The molecule has 5 heteroatoms. The van der Waals surface area contributed by atoms with Crippen molar-refractivity contribution in [3.8, 4) is 22.3 Å². The van der Waals surface area contributed by atoms with Gasteiger partial charge in [-0.15, -0.1) is 0 Å². The van der Waals surface area contributed by atoms with Gasteiger partial charge < -0.3 is 20.3 Å². The summed E-state index contributed by atoms with van der Waals surface area (Å²) in [4.78, 5) is 0. The quantitative estimate of drug-likeness (QED) is 0.338. The van der Waals surface area contributed by atoms with Crippen molar-refractivity contribution >= 4 is 12.6 Å². The second kappa shape index (κ2) is 11.1. The Morgan fingerprint density at radius 2 is 0.757 bits per heavy atom. The van der Waals surface area contributed by atoms with Crippen molar-refractivity contribution in [1.82, 2.24) is 0 Å². The molecule has 3 aromatic rings. The molecule has 0 aliphatic heterocycles. The zero-order valence-corrected chi connectivity index (χ0v) is 24.2. The topological polar surface area (TPSA) is 80.9 Å². The molecule has 0 atom stereocenters. The molecule has 0 unspecified atom stereocenters. The fraction of sp³-hybridized carbons (Fsp3) is 0.438. The molecule has 37 heavy (non-hydrogen) atoms. The molecular weight excluding hydrogens is 459 g/mol. The van der Waals surface area contributed by atoms with Gasteiger partial charge in [0.1, 0.15) is 0 Å². The molecule has 0 spiro atoms. The first-order chi connectivity index (χ1) is 16.7. The van der Waals surface area contributed by atoms with Crippen LogP contribution in [0.4, 0.5) is 0 Å². The maximum Gasteiger partial charge on any atom is 0.488 e. The van der Waals surface area contributed by atoms with Crippen LogP contribution in [-0.2, 0) is 10.8 Å². The van der Waals surface area contributed by atoms with E-state index in [0.717, 1.165) is 22.3 Å². The average Bonchev–Trinajstić information content (AvgIpc) is 2.77. The molecule has 3 rings (SSSR count). The van der Waals surface area contributed by atoms with Crippen molar-refractivity contribution in [2.75, 3.05) is 0 Å². The average molecular weight is 505 g/mol. The largest absolute Gasteiger partial charge is 0.488 e. The van der Waals surface area contributed by atoms with E-state index < -0.39 is 18.3 Å². The molecule has 0 radical (unpaired) electrons. The van der Waals surface area contributed by atoms with E-state index in [1.807, 2.05) is 12.1 Å². The van der Waals surface area contributed by atoms with E-state index in [1.54, 1.807) is 27.7 Å². The van der Waals surface area contributed by atoms with Crippen LogP contribution in [0.5, 0.6) is 0 Å². The van der Waals surface area contributed by atoms with Crippen molar-refractivity contribution in [3.05, 3.63) is 77.9 Å². The molecule has 0 fully saturated rings. The van der Waals surface area contributed by atoms with Crippen molar-refractivity contribution in [2.45, 2.75) is 91.3 Å². The van der Waals surface area contributed by atoms with E-state index in [1.165, 1.54) is 11.1 Å². The highest BCUT2D eigenvalue weighted by molar-refractivity contribution is 6.58. The van der Waals surface area contributed by atoms with E-state index in [2.05, 4.69) is 96.1 Å². The van der Waals surface area contributed by atoms with Crippen LogP contribution in [0.25, 0.3) is 22.3 Å². The zero-order valence-electron chi connectivity index (χ0n) is 24.2. The Balaban J connectivity index is 0.000000521. The SMILES string of the molecule is CC(C)(C)c1ccc(-c2cc(B(O)O)cc(-c3ccc(C(C)(C)C)cc3)c2)cc1.CC(C)(O)C(C)(C)O. The van der Waals surface area contributed by atoms with Gasteiger partial charge in [-0.25, -0.2) is 0 Å². The van der Waals surface area contributed by atoms with Gasteiger partial charge in [-0.3, -0.25) is 0 Å². The highest BCUT2D eigenvalue weighted by atomic mass is 16.4. The molecule has 0 bridgehead atoms. The lowest BCUT2D eigenvalue weighted by Crippen LogP contribution is -2.44. The predicted octanol–water partition coefficient (Wildman–Crippen LogP) is 5.82. The van der Waals surface area contributed by atoms with Gasteiger partial charge >= 0.3 is 7.12 Å². The van der Waals surface area contributed by atoms with Crippen molar-refractivity contribution < 1.29 is 20.3 Å². The standard InChI is InChI=1S/C26H31BO2.C6H14O2/c1-25(2,3)22-11-7-18(8-12-22)20-15-21(17-24(16-20)27(28)29)19-9-13-23(14-10-19)26(4,5)6;1-5(2,7)6(3,4)8/h7-17,28-29H,1-6H3;7-8H,1-4H3. The molecule has 200 valence electrons. The summed E-state index contributed by atoms with van der Waals surface area (Å²) in [5, 5.41) is 37.9. The van der Waals surface area contributed by atoms with E-state index in [-0.39, 0.29) is 10.8 Å². The predicted molar refractivity (Wildman–Crippen MR) is 157 cm³/mol. The Labute approximate surface area is 224 Å². The second-order valence-corrected chi connectivity index (χ2v) is 13.0. The van der Waals surface area contributed by atoms with E-state index in [0.29, 0.717) is 5.46 Å². The van der Waals surface area contributed by atoms with Crippen molar-refractivity contribution in [3.63, 3.8) is 0 Å². The molecule has 0 aliphatic rings. The molecule has 0 aliphatic carbocycles. The molecule has 0 heterocycles. The fourth-order valence-corrected chi connectivity index (χ4v) is 3.46. The summed E-state index contributed by atoms with van der Waals surface area (Å²) in [6, 6.07) is 22.8. The summed E-state index contributed by atoms with van der Waals surface area (Å²) in [5.74, 6) is 0. The van der Waals surface area contributed by atoms with E-state index in [9.17, 15) is 10.0 Å². The molecule has 4 N–H and O–H groups in total. The van der Waals surface area contributed by atoms with Crippen LogP contribution in [0.15, 0.2) is 66.7 Å². The molecule has 0 amide bonds. The summed E-state index contributed by atoms with van der Waals surface area (Å²) < 4.78 is 0. The number of hydrogen-bond acceptors (Lipinski definition) is 4. The Hall–Kier alpha value is -2.44. The molecule has 3 aromatic carbocycles. The summed E-state index contributed by atoms with van der Waals surface area (Å²) in [6.45, 7) is 19.5. The smallest absolute Gasteiger partial charge is 0.423 e. The summed E-state index contributed by atoms with van der Waals surface area (Å²) in [6.07, 6.45) is 0. The van der Waals surface area contributed by atoms with Crippen LogP contribution in [0.3, 0.4) is 0 Å². The highest BCUT2D eigenvalue weighted by Gasteiger charge is 2.32. The number of hydrogen-bond donors (Lipinski definition) is 4. The maximum absolute atomic E-state index is 9.82. The lowest BCUT2D eigenvalue weighted by molar-refractivity contribution is -0.107. The lowest BCUT2D eigenvalue weighted by Gasteiger charge is -2.31. The Morgan fingerprint density at radius 1 is 0.459 bits per heavy atom. The van der Waals surface area contributed by atoms with Gasteiger partial charge in [0.25, 0.3) is 0 Å². The van der Waals surface area contributed by atoms with Crippen molar-refractivity contribution in [1.29, 1.82) is 0 Å². The van der Waals surface area contributed by atoms with Gasteiger partial charge in [0.05, 0.1) is 11.2 Å². The lowest BCUT2D eigenvalue weighted by atomic mass is 9.77. The monoisotopic (exact) mass is 504 g/mol. The minimum atomic E-state index is -1.50. The first-order valence-corrected chi connectivity index (χ1v) is 12.9. The highest BCUT2D eigenvalue weighted by Crippen LogP contribution is 2.30. The molecule has 0 aromatic heterocycles. The van der Waals surface area contributed by atoms with Crippen LogP contribution in [0.1, 0.15) is 80.4 Å². The van der Waals surface area contributed by atoms with Gasteiger partial charge in [0, 0.05) is 0 Å². The zero-order chi connectivity index (χ0) is 28.4. The summed E-state index contributed by atoms with van der Waals surface area (Å²) in [5.41, 5.74) is 5.31. The fourth-order valence-electron chi connectivity index (χ4n) is 3.46. The Morgan fingerprint density at radius 3 is 0.973 bits per heavy atom. The first-order valence-electron chi connectivity index (χ1n) is 12.9. The maximum atomic E-state index is 9.82. The molecular formula is C32H45BO4. The van der Waals surface area contributed by atoms with Gasteiger partial charge in [0.15, 0.2) is 0 Å². The first kappa shape index (κ1) is 30.8. The van der Waals surface area contributed by atoms with Crippen LogP contribution < -0.4 is 5.46 Å². The third-order valence-corrected chi connectivity index (χ3v) is 6.92. The number of rotatable bonds is 4. The summed E-state index contributed by atoms with van der Waals surface area (Å²) >= 11 is 0. The molecule has 4 nitrogen and oxygen atoms in total. The van der Waals surface area contributed by atoms with Crippen LogP contribution >= 0.6 is 0 Å². The second-order valence-electron chi connectivity index (χ2n) is 13.0. The number of aliphatic hydroxyl groups is 2.